The topological polar surface area (TPSA) is 39.7 Å². The number of hydrogen-bond acceptors (Lipinski definition) is 4. The molecule has 0 unspecified atom stereocenters. The summed E-state index contributed by atoms with van der Waals surface area (Å²) in [5.74, 6) is 2.25. The normalized spacial score (nSPS) is 10.7. The van der Waals surface area contributed by atoms with E-state index in [9.17, 15) is 0 Å². The van der Waals surface area contributed by atoms with Gasteiger partial charge in [-0.25, -0.2) is 0 Å². The number of benzene rings is 3. The van der Waals surface area contributed by atoms with Gasteiger partial charge in [0.15, 0.2) is 11.5 Å². The highest BCUT2D eigenvalue weighted by atomic mass is 35.5. The van der Waals surface area contributed by atoms with Crippen LogP contribution in [0.25, 0.3) is 0 Å². The highest BCUT2D eigenvalue weighted by Gasteiger charge is 2.10. The van der Waals surface area contributed by atoms with E-state index in [1.165, 1.54) is 5.56 Å². The van der Waals surface area contributed by atoms with Crippen molar-refractivity contribution in [1.29, 1.82) is 0 Å². The maximum atomic E-state index is 6.24. The number of nitrogens with one attached hydrogen (secondary N) is 1. The number of hydrogen-bond donors (Lipinski definition) is 1. The SMILES string of the molecule is CCOc1cc(CNCCc2ccc(OC)cc2)ccc1OCc1c(Cl)cccc1Cl. The molecule has 0 aliphatic rings. The summed E-state index contributed by atoms with van der Waals surface area (Å²) in [5, 5.41) is 4.65. The van der Waals surface area contributed by atoms with Crippen molar-refractivity contribution in [2.24, 2.45) is 0 Å². The molecule has 0 heterocycles. The van der Waals surface area contributed by atoms with Gasteiger partial charge in [0.1, 0.15) is 12.4 Å². The van der Waals surface area contributed by atoms with Crippen LogP contribution in [0, 0.1) is 0 Å². The van der Waals surface area contributed by atoms with Crippen molar-refractivity contribution < 1.29 is 14.2 Å². The summed E-state index contributed by atoms with van der Waals surface area (Å²) in [6, 6.07) is 19.5. The van der Waals surface area contributed by atoms with Crippen LogP contribution in [0.4, 0.5) is 0 Å². The van der Waals surface area contributed by atoms with E-state index in [0.717, 1.165) is 36.4 Å². The van der Waals surface area contributed by atoms with Gasteiger partial charge in [-0.2, -0.15) is 0 Å². The molecule has 0 saturated heterocycles. The third kappa shape index (κ3) is 6.79. The van der Waals surface area contributed by atoms with Crippen LogP contribution in [0.5, 0.6) is 17.2 Å². The van der Waals surface area contributed by atoms with Gasteiger partial charge in [0.2, 0.25) is 0 Å². The van der Waals surface area contributed by atoms with Crippen molar-refractivity contribution in [2.45, 2.75) is 26.5 Å². The molecule has 0 saturated carbocycles. The van der Waals surface area contributed by atoms with Crippen LogP contribution in [0.2, 0.25) is 10.0 Å². The van der Waals surface area contributed by atoms with Crippen LogP contribution < -0.4 is 19.5 Å². The highest BCUT2D eigenvalue weighted by molar-refractivity contribution is 6.35. The van der Waals surface area contributed by atoms with Crippen molar-refractivity contribution in [3.8, 4) is 17.2 Å². The summed E-state index contributed by atoms with van der Waals surface area (Å²) in [4.78, 5) is 0. The van der Waals surface area contributed by atoms with E-state index in [1.807, 2.05) is 43.3 Å². The molecule has 0 aromatic heterocycles. The monoisotopic (exact) mass is 459 g/mol. The van der Waals surface area contributed by atoms with Crippen LogP contribution in [-0.4, -0.2) is 20.3 Å². The maximum absolute atomic E-state index is 6.24. The Kier molecular flexibility index (Phi) is 8.89. The van der Waals surface area contributed by atoms with Crippen LogP contribution in [0.1, 0.15) is 23.6 Å². The van der Waals surface area contributed by atoms with Crippen LogP contribution in [0.3, 0.4) is 0 Å². The van der Waals surface area contributed by atoms with Crippen molar-refractivity contribution >= 4 is 23.2 Å². The molecule has 3 aromatic carbocycles. The summed E-state index contributed by atoms with van der Waals surface area (Å²) in [6.45, 7) is 4.40. The zero-order chi connectivity index (χ0) is 22.1. The molecule has 0 amide bonds. The number of rotatable bonds is 11. The van der Waals surface area contributed by atoms with E-state index in [0.29, 0.717) is 28.2 Å². The first-order chi connectivity index (χ1) is 15.1. The van der Waals surface area contributed by atoms with E-state index in [4.69, 9.17) is 37.4 Å². The van der Waals surface area contributed by atoms with Gasteiger partial charge in [0.25, 0.3) is 0 Å². The Morgan fingerprint density at radius 2 is 1.55 bits per heavy atom. The van der Waals surface area contributed by atoms with Crippen molar-refractivity contribution in [1.82, 2.24) is 5.32 Å². The number of methoxy groups -OCH3 is 1. The molecule has 3 aromatic rings. The summed E-state index contributed by atoms with van der Waals surface area (Å²) in [6.07, 6.45) is 0.947. The zero-order valence-corrected chi connectivity index (χ0v) is 19.3. The molecular weight excluding hydrogens is 433 g/mol. The van der Waals surface area contributed by atoms with Crippen LogP contribution in [-0.2, 0) is 19.6 Å². The predicted octanol–water partition coefficient (Wildman–Crippen LogP) is 6.31. The second-order valence-electron chi connectivity index (χ2n) is 6.98. The fraction of sp³-hybridized carbons (Fsp3) is 0.280. The minimum atomic E-state index is 0.276. The average Bonchev–Trinajstić information content (AvgIpc) is 2.78. The van der Waals surface area contributed by atoms with Gasteiger partial charge in [-0.15, -0.1) is 0 Å². The van der Waals surface area contributed by atoms with Gasteiger partial charge in [0, 0.05) is 22.2 Å². The summed E-state index contributed by atoms with van der Waals surface area (Å²) in [5.41, 5.74) is 3.16. The van der Waals surface area contributed by atoms with Crippen molar-refractivity contribution in [2.75, 3.05) is 20.3 Å². The fourth-order valence-corrected chi connectivity index (χ4v) is 3.63. The summed E-state index contributed by atoms with van der Waals surface area (Å²) in [7, 11) is 1.68. The van der Waals surface area contributed by atoms with E-state index >= 15 is 0 Å². The number of halogens is 2. The Morgan fingerprint density at radius 3 is 2.23 bits per heavy atom. The molecule has 0 aliphatic heterocycles. The van der Waals surface area contributed by atoms with Crippen LogP contribution >= 0.6 is 23.2 Å². The molecule has 0 atom stereocenters. The molecule has 3 rings (SSSR count). The van der Waals surface area contributed by atoms with Gasteiger partial charge in [0.05, 0.1) is 13.7 Å². The molecule has 0 spiro atoms. The molecule has 0 bridgehead atoms. The Hall–Kier alpha value is -2.40. The second-order valence-corrected chi connectivity index (χ2v) is 7.79. The third-order valence-electron chi connectivity index (χ3n) is 4.82. The minimum Gasteiger partial charge on any atom is -0.497 e. The lowest BCUT2D eigenvalue weighted by molar-refractivity contribution is 0.269. The van der Waals surface area contributed by atoms with Gasteiger partial charge < -0.3 is 19.5 Å². The van der Waals surface area contributed by atoms with Gasteiger partial charge in [-0.3, -0.25) is 0 Å². The standard InChI is InChI=1S/C25H27Cl2NO3/c1-3-30-25-15-19(16-28-14-13-18-7-10-20(29-2)11-8-18)9-12-24(25)31-17-21-22(26)5-4-6-23(21)27/h4-12,15,28H,3,13-14,16-17H2,1-2H3. The fourth-order valence-electron chi connectivity index (χ4n) is 3.13. The number of ether oxygens (including phenoxy) is 3. The quantitative estimate of drug-likeness (QED) is 0.341. The van der Waals surface area contributed by atoms with E-state index in [1.54, 1.807) is 19.2 Å². The summed E-state index contributed by atoms with van der Waals surface area (Å²) < 4.78 is 17.0. The highest BCUT2D eigenvalue weighted by Crippen LogP contribution is 2.31. The Morgan fingerprint density at radius 1 is 0.839 bits per heavy atom. The molecule has 164 valence electrons. The molecule has 0 radical (unpaired) electrons. The minimum absolute atomic E-state index is 0.276. The van der Waals surface area contributed by atoms with Gasteiger partial charge in [-0.1, -0.05) is 47.5 Å². The van der Waals surface area contributed by atoms with Crippen molar-refractivity contribution in [3.05, 3.63) is 87.4 Å². The van der Waals surface area contributed by atoms with Crippen LogP contribution in [0.15, 0.2) is 60.7 Å². The predicted molar refractivity (Wildman–Crippen MR) is 127 cm³/mol. The van der Waals surface area contributed by atoms with Gasteiger partial charge >= 0.3 is 0 Å². The third-order valence-corrected chi connectivity index (χ3v) is 5.53. The smallest absolute Gasteiger partial charge is 0.161 e. The Balaban J connectivity index is 1.56. The first kappa shape index (κ1) is 23.3. The summed E-state index contributed by atoms with van der Waals surface area (Å²) >= 11 is 12.5. The molecule has 6 heteroatoms. The molecule has 4 nitrogen and oxygen atoms in total. The molecular formula is C25H27Cl2NO3. The van der Waals surface area contributed by atoms with E-state index in [2.05, 4.69) is 17.4 Å². The van der Waals surface area contributed by atoms with E-state index < -0.39 is 0 Å². The lowest BCUT2D eigenvalue weighted by Crippen LogP contribution is -2.16. The lowest BCUT2D eigenvalue weighted by atomic mass is 10.1. The van der Waals surface area contributed by atoms with E-state index in [-0.39, 0.29) is 6.61 Å². The first-order valence-corrected chi connectivity index (χ1v) is 11.0. The zero-order valence-electron chi connectivity index (χ0n) is 17.8. The molecule has 31 heavy (non-hydrogen) atoms. The maximum Gasteiger partial charge on any atom is 0.161 e. The second kappa shape index (κ2) is 11.8. The molecule has 1 N–H and O–H groups in total. The molecule has 0 aliphatic carbocycles. The Bertz CT molecular complexity index is 957. The largest absolute Gasteiger partial charge is 0.497 e. The van der Waals surface area contributed by atoms with Crippen molar-refractivity contribution in [3.63, 3.8) is 0 Å². The molecule has 0 fully saturated rings. The Labute approximate surface area is 194 Å². The lowest BCUT2D eigenvalue weighted by Gasteiger charge is -2.15. The van der Waals surface area contributed by atoms with Gasteiger partial charge in [-0.05, 0) is 67.4 Å². The first-order valence-electron chi connectivity index (χ1n) is 10.3. The average molecular weight is 460 g/mol.